The standard InChI is InChI=1S/C10H14F3NO/c1-14-8(9-5-3-7-15-9)4-2-6-10(11,12)13/h3,5,7-8,14H,2,4,6H2,1H3. The predicted molar refractivity (Wildman–Crippen MR) is 50.4 cm³/mol. The van der Waals surface area contributed by atoms with Crippen molar-refractivity contribution in [2.75, 3.05) is 7.05 Å². The third-order valence-corrected chi connectivity index (χ3v) is 2.19. The maximum absolute atomic E-state index is 11.9. The van der Waals surface area contributed by atoms with Crippen LogP contribution in [0.1, 0.15) is 31.1 Å². The van der Waals surface area contributed by atoms with Crippen molar-refractivity contribution in [1.29, 1.82) is 0 Å². The zero-order valence-corrected chi connectivity index (χ0v) is 8.47. The maximum atomic E-state index is 11.9. The Morgan fingerprint density at radius 2 is 2.20 bits per heavy atom. The van der Waals surface area contributed by atoms with Crippen molar-refractivity contribution in [2.45, 2.75) is 31.5 Å². The molecule has 1 aromatic rings. The van der Waals surface area contributed by atoms with Gasteiger partial charge in [0.1, 0.15) is 5.76 Å². The molecule has 0 aliphatic heterocycles. The number of halogens is 3. The van der Waals surface area contributed by atoms with Crippen molar-refractivity contribution >= 4 is 0 Å². The second kappa shape index (κ2) is 5.21. The van der Waals surface area contributed by atoms with Gasteiger partial charge in [-0.1, -0.05) is 0 Å². The second-order valence-corrected chi connectivity index (χ2v) is 3.36. The van der Waals surface area contributed by atoms with Gasteiger partial charge in [0.25, 0.3) is 0 Å². The van der Waals surface area contributed by atoms with E-state index < -0.39 is 12.6 Å². The lowest BCUT2D eigenvalue weighted by atomic mass is 10.1. The Morgan fingerprint density at radius 1 is 1.47 bits per heavy atom. The van der Waals surface area contributed by atoms with Gasteiger partial charge in [-0.3, -0.25) is 0 Å². The second-order valence-electron chi connectivity index (χ2n) is 3.36. The average molecular weight is 221 g/mol. The summed E-state index contributed by atoms with van der Waals surface area (Å²) in [5, 5.41) is 2.93. The summed E-state index contributed by atoms with van der Waals surface area (Å²) in [5.41, 5.74) is 0. The van der Waals surface area contributed by atoms with Crippen molar-refractivity contribution in [3.8, 4) is 0 Å². The highest BCUT2D eigenvalue weighted by molar-refractivity contribution is 5.03. The van der Waals surface area contributed by atoms with Gasteiger partial charge in [-0.25, -0.2) is 0 Å². The summed E-state index contributed by atoms with van der Waals surface area (Å²) in [6.45, 7) is 0. The highest BCUT2D eigenvalue weighted by atomic mass is 19.4. The first-order valence-electron chi connectivity index (χ1n) is 4.80. The van der Waals surface area contributed by atoms with Crippen LogP contribution in [0.4, 0.5) is 13.2 Å². The SMILES string of the molecule is CNC(CCCC(F)(F)F)c1ccco1. The van der Waals surface area contributed by atoms with E-state index in [0.717, 1.165) is 0 Å². The minimum atomic E-state index is -4.07. The first kappa shape index (κ1) is 12.1. The topological polar surface area (TPSA) is 25.2 Å². The molecule has 0 aromatic carbocycles. The van der Waals surface area contributed by atoms with E-state index in [1.165, 1.54) is 6.26 Å². The van der Waals surface area contributed by atoms with Crippen molar-refractivity contribution in [3.63, 3.8) is 0 Å². The Hall–Kier alpha value is -0.970. The van der Waals surface area contributed by atoms with Gasteiger partial charge in [0.2, 0.25) is 0 Å². The zero-order chi connectivity index (χ0) is 11.3. The van der Waals surface area contributed by atoms with Gasteiger partial charge in [0.05, 0.1) is 12.3 Å². The van der Waals surface area contributed by atoms with Crippen LogP contribution >= 0.6 is 0 Å². The molecule has 0 aliphatic rings. The van der Waals surface area contributed by atoms with Crippen molar-refractivity contribution in [2.24, 2.45) is 0 Å². The highest BCUT2D eigenvalue weighted by Gasteiger charge is 2.27. The van der Waals surface area contributed by atoms with Crippen molar-refractivity contribution < 1.29 is 17.6 Å². The lowest BCUT2D eigenvalue weighted by Crippen LogP contribution is -2.17. The number of rotatable bonds is 5. The molecule has 0 amide bonds. The predicted octanol–water partition coefficient (Wildman–Crippen LogP) is 3.27. The molecule has 5 heteroatoms. The fourth-order valence-corrected chi connectivity index (χ4v) is 1.43. The summed E-state index contributed by atoms with van der Waals surface area (Å²) in [6.07, 6.45) is -2.77. The molecule has 1 heterocycles. The lowest BCUT2D eigenvalue weighted by molar-refractivity contribution is -0.135. The van der Waals surface area contributed by atoms with E-state index in [0.29, 0.717) is 12.2 Å². The van der Waals surface area contributed by atoms with E-state index in [1.807, 2.05) is 0 Å². The smallest absolute Gasteiger partial charge is 0.389 e. The van der Waals surface area contributed by atoms with E-state index in [4.69, 9.17) is 4.42 Å². The van der Waals surface area contributed by atoms with Crippen LogP contribution in [0, 0.1) is 0 Å². The van der Waals surface area contributed by atoms with Crippen LogP contribution in [-0.2, 0) is 0 Å². The lowest BCUT2D eigenvalue weighted by Gasteiger charge is -2.13. The molecule has 0 spiro atoms. The Morgan fingerprint density at radius 3 is 2.67 bits per heavy atom. The summed E-state index contributed by atoms with van der Waals surface area (Å²) in [6, 6.07) is 3.35. The number of alkyl halides is 3. The summed E-state index contributed by atoms with van der Waals surface area (Å²) in [7, 11) is 1.71. The van der Waals surface area contributed by atoms with E-state index in [-0.39, 0.29) is 12.5 Å². The van der Waals surface area contributed by atoms with Gasteiger partial charge in [-0.15, -0.1) is 0 Å². The molecule has 1 aromatic heterocycles. The van der Waals surface area contributed by atoms with Gasteiger partial charge in [-0.05, 0) is 32.0 Å². The molecule has 0 saturated heterocycles. The Balaban J connectivity index is 2.36. The molecular formula is C10H14F3NO. The van der Waals surface area contributed by atoms with Crippen LogP contribution in [0.25, 0.3) is 0 Å². The Bertz CT molecular complexity index is 269. The van der Waals surface area contributed by atoms with Crippen LogP contribution in [0.15, 0.2) is 22.8 Å². The molecule has 0 saturated carbocycles. The fourth-order valence-electron chi connectivity index (χ4n) is 1.43. The highest BCUT2D eigenvalue weighted by Crippen LogP contribution is 2.26. The Kier molecular flexibility index (Phi) is 4.20. The van der Waals surface area contributed by atoms with Crippen molar-refractivity contribution in [1.82, 2.24) is 5.32 Å². The molecule has 0 aliphatic carbocycles. The molecule has 15 heavy (non-hydrogen) atoms. The number of hydrogen-bond donors (Lipinski definition) is 1. The molecule has 0 bridgehead atoms. The number of furan rings is 1. The molecule has 1 rings (SSSR count). The van der Waals surface area contributed by atoms with Crippen LogP contribution in [0.5, 0.6) is 0 Å². The Labute approximate surface area is 86.5 Å². The third kappa shape index (κ3) is 4.38. The molecule has 1 unspecified atom stereocenters. The quantitative estimate of drug-likeness (QED) is 0.825. The van der Waals surface area contributed by atoms with E-state index in [9.17, 15) is 13.2 Å². The van der Waals surface area contributed by atoms with Gasteiger partial charge in [0.15, 0.2) is 0 Å². The monoisotopic (exact) mass is 221 g/mol. The molecule has 0 radical (unpaired) electrons. The fraction of sp³-hybridized carbons (Fsp3) is 0.600. The number of hydrogen-bond acceptors (Lipinski definition) is 2. The van der Waals surface area contributed by atoms with Crippen molar-refractivity contribution in [3.05, 3.63) is 24.2 Å². The van der Waals surface area contributed by atoms with E-state index in [2.05, 4.69) is 5.32 Å². The normalized spacial score (nSPS) is 14.1. The summed E-state index contributed by atoms with van der Waals surface area (Å²) >= 11 is 0. The van der Waals surface area contributed by atoms with Gasteiger partial charge in [0, 0.05) is 6.42 Å². The average Bonchev–Trinajstić information content (AvgIpc) is 2.63. The molecule has 86 valence electrons. The minimum absolute atomic E-state index is 0.107. The largest absolute Gasteiger partial charge is 0.468 e. The molecule has 1 N–H and O–H groups in total. The molecule has 2 nitrogen and oxygen atoms in total. The molecular weight excluding hydrogens is 207 g/mol. The van der Waals surface area contributed by atoms with Gasteiger partial charge >= 0.3 is 6.18 Å². The van der Waals surface area contributed by atoms with Gasteiger partial charge in [-0.2, -0.15) is 13.2 Å². The van der Waals surface area contributed by atoms with E-state index >= 15 is 0 Å². The summed E-state index contributed by atoms with van der Waals surface area (Å²) in [5.74, 6) is 0.680. The maximum Gasteiger partial charge on any atom is 0.389 e. The van der Waals surface area contributed by atoms with E-state index in [1.54, 1.807) is 19.2 Å². The zero-order valence-electron chi connectivity index (χ0n) is 8.47. The third-order valence-electron chi connectivity index (χ3n) is 2.19. The number of nitrogens with one attached hydrogen (secondary N) is 1. The first-order valence-corrected chi connectivity index (χ1v) is 4.80. The summed E-state index contributed by atoms with van der Waals surface area (Å²) in [4.78, 5) is 0. The van der Waals surface area contributed by atoms with Gasteiger partial charge < -0.3 is 9.73 Å². The molecule has 1 atom stereocenters. The first-order chi connectivity index (χ1) is 7.03. The summed E-state index contributed by atoms with van der Waals surface area (Å²) < 4.78 is 40.9. The minimum Gasteiger partial charge on any atom is -0.468 e. The van der Waals surface area contributed by atoms with Crippen LogP contribution < -0.4 is 5.32 Å². The van der Waals surface area contributed by atoms with Crippen LogP contribution in [0.3, 0.4) is 0 Å². The van der Waals surface area contributed by atoms with Crippen LogP contribution in [-0.4, -0.2) is 13.2 Å². The molecule has 0 fully saturated rings. The van der Waals surface area contributed by atoms with Crippen LogP contribution in [0.2, 0.25) is 0 Å².